The molecule has 0 radical (unpaired) electrons. The van der Waals surface area contributed by atoms with Crippen LogP contribution in [-0.4, -0.2) is 21.4 Å². The Morgan fingerprint density at radius 2 is 1.78 bits per heavy atom. The highest BCUT2D eigenvalue weighted by Gasteiger charge is 2.18. The quantitative estimate of drug-likeness (QED) is 0.880. The standard InChI is InChI=1S/C14H11ClF2N2O3S/c1-18-23(21,22)13-6-8(2-4-10(13)15)14(20)19-9-3-5-11(16)12(17)7-9/h2-7,18H,1H3,(H,19,20). The molecule has 2 aromatic carbocycles. The number of hydrogen-bond donors (Lipinski definition) is 2. The maximum absolute atomic E-state index is 13.1. The maximum Gasteiger partial charge on any atom is 0.255 e. The molecule has 0 saturated carbocycles. The average molecular weight is 361 g/mol. The zero-order chi connectivity index (χ0) is 17.2. The highest BCUT2D eigenvalue weighted by Crippen LogP contribution is 2.23. The van der Waals surface area contributed by atoms with Gasteiger partial charge in [0.1, 0.15) is 4.90 Å². The van der Waals surface area contributed by atoms with Crippen LogP contribution in [0.4, 0.5) is 14.5 Å². The molecule has 0 saturated heterocycles. The number of anilines is 1. The van der Waals surface area contributed by atoms with E-state index >= 15 is 0 Å². The van der Waals surface area contributed by atoms with E-state index in [-0.39, 0.29) is 21.2 Å². The molecule has 0 aliphatic rings. The van der Waals surface area contributed by atoms with Gasteiger partial charge in [-0.2, -0.15) is 0 Å². The summed E-state index contributed by atoms with van der Waals surface area (Å²) >= 11 is 5.82. The number of carbonyl (C=O) groups excluding carboxylic acids is 1. The molecule has 0 bridgehead atoms. The third-order valence-corrected chi connectivity index (χ3v) is 4.83. The Hall–Kier alpha value is -2.03. The molecule has 0 unspecified atom stereocenters. The first-order valence-electron chi connectivity index (χ1n) is 6.24. The predicted molar refractivity (Wildman–Crippen MR) is 82.0 cm³/mol. The first kappa shape index (κ1) is 17.3. The average Bonchev–Trinajstić information content (AvgIpc) is 2.51. The Bertz CT molecular complexity index is 872. The van der Waals surface area contributed by atoms with E-state index in [1.54, 1.807) is 0 Å². The smallest absolute Gasteiger partial charge is 0.255 e. The van der Waals surface area contributed by atoms with E-state index in [1.807, 2.05) is 0 Å². The lowest BCUT2D eigenvalue weighted by atomic mass is 10.2. The molecule has 5 nitrogen and oxygen atoms in total. The fourth-order valence-corrected chi connectivity index (χ4v) is 2.99. The molecule has 1 amide bonds. The van der Waals surface area contributed by atoms with Crippen LogP contribution in [-0.2, 0) is 10.0 Å². The second-order valence-corrected chi connectivity index (χ2v) is 6.70. The summed E-state index contributed by atoms with van der Waals surface area (Å²) < 4.78 is 51.7. The maximum atomic E-state index is 13.1. The number of carbonyl (C=O) groups is 1. The van der Waals surface area contributed by atoms with Crippen molar-refractivity contribution in [1.29, 1.82) is 0 Å². The van der Waals surface area contributed by atoms with Gasteiger partial charge in [0.25, 0.3) is 5.91 Å². The van der Waals surface area contributed by atoms with Crippen molar-refractivity contribution in [1.82, 2.24) is 4.72 Å². The number of benzene rings is 2. The second kappa shape index (κ2) is 6.61. The molecule has 0 aliphatic heterocycles. The third-order valence-electron chi connectivity index (χ3n) is 2.93. The molecule has 0 fully saturated rings. The minimum atomic E-state index is -3.84. The highest BCUT2D eigenvalue weighted by molar-refractivity contribution is 7.89. The van der Waals surface area contributed by atoms with E-state index in [1.165, 1.54) is 25.2 Å². The summed E-state index contributed by atoms with van der Waals surface area (Å²) in [5.74, 6) is -2.85. The summed E-state index contributed by atoms with van der Waals surface area (Å²) in [6, 6.07) is 6.51. The first-order valence-corrected chi connectivity index (χ1v) is 8.10. The molecular weight excluding hydrogens is 350 g/mol. The van der Waals surface area contributed by atoms with Crippen LogP contribution in [0.2, 0.25) is 5.02 Å². The summed E-state index contributed by atoms with van der Waals surface area (Å²) in [4.78, 5) is 11.8. The van der Waals surface area contributed by atoms with Gasteiger partial charge < -0.3 is 5.32 Å². The highest BCUT2D eigenvalue weighted by atomic mass is 35.5. The Labute approximate surface area is 136 Å². The molecule has 0 heterocycles. The molecular formula is C14H11ClF2N2O3S. The van der Waals surface area contributed by atoms with Crippen LogP contribution in [0.25, 0.3) is 0 Å². The topological polar surface area (TPSA) is 75.3 Å². The number of nitrogens with one attached hydrogen (secondary N) is 2. The molecule has 2 aromatic rings. The van der Waals surface area contributed by atoms with Gasteiger partial charge in [-0.25, -0.2) is 21.9 Å². The lowest BCUT2D eigenvalue weighted by molar-refractivity contribution is 0.102. The summed E-state index contributed by atoms with van der Waals surface area (Å²) in [7, 11) is -2.63. The zero-order valence-corrected chi connectivity index (χ0v) is 13.3. The van der Waals surface area contributed by atoms with Gasteiger partial charge in [-0.1, -0.05) is 11.6 Å². The predicted octanol–water partition coefficient (Wildman–Crippen LogP) is 2.78. The van der Waals surface area contributed by atoms with Crippen molar-refractivity contribution in [2.24, 2.45) is 0 Å². The van der Waals surface area contributed by atoms with Gasteiger partial charge in [0.05, 0.1) is 5.02 Å². The van der Waals surface area contributed by atoms with Gasteiger partial charge in [0.2, 0.25) is 10.0 Å². The van der Waals surface area contributed by atoms with Crippen LogP contribution in [0.5, 0.6) is 0 Å². The second-order valence-electron chi connectivity index (χ2n) is 4.44. The van der Waals surface area contributed by atoms with Crippen LogP contribution in [0.1, 0.15) is 10.4 Å². The Morgan fingerprint density at radius 1 is 1.09 bits per heavy atom. The van der Waals surface area contributed by atoms with E-state index in [0.29, 0.717) is 0 Å². The van der Waals surface area contributed by atoms with Crippen molar-refractivity contribution in [3.63, 3.8) is 0 Å². The molecule has 9 heteroatoms. The van der Waals surface area contributed by atoms with Crippen molar-refractivity contribution in [2.75, 3.05) is 12.4 Å². The Morgan fingerprint density at radius 3 is 2.39 bits per heavy atom. The van der Waals surface area contributed by atoms with Gasteiger partial charge in [-0.15, -0.1) is 0 Å². The number of sulfonamides is 1. The van der Waals surface area contributed by atoms with Crippen LogP contribution < -0.4 is 10.0 Å². The summed E-state index contributed by atoms with van der Waals surface area (Å²) in [6.45, 7) is 0. The van der Waals surface area contributed by atoms with E-state index in [2.05, 4.69) is 10.0 Å². The van der Waals surface area contributed by atoms with E-state index in [9.17, 15) is 22.0 Å². The minimum Gasteiger partial charge on any atom is -0.322 e. The van der Waals surface area contributed by atoms with E-state index in [4.69, 9.17) is 11.6 Å². The Kier molecular flexibility index (Phi) is 4.98. The Balaban J connectivity index is 2.33. The lowest BCUT2D eigenvalue weighted by Gasteiger charge is -2.09. The summed E-state index contributed by atoms with van der Waals surface area (Å²) in [6.07, 6.45) is 0. The molecule has 0 atom stereocenters. The number of hydrogen-bond acceptors (Lipinski definition) is 3. The monoisotopic (exact) mass is 360 g/mol. The van der Waals surface area contributed by atoms with Crippen molar-refractivity contribution < 1.29 is 22.0 Å². The van der Waals surface area contributed by atoms with Crippen LogP contribution in [0.15, 0.2) is 41.3 Å². The number of halogens is 3. The van der Waals surface area contributed by atoms with Crippen LogP contribution in [0, 0.1) is 11.6 Å². The van der Waals surface area contributed by atoms with Gasteiger partial charge in [-0.3, -0.25) is 4.79 Å². The van der Waals surface area contributed by atoms with Gasteiger partial charge in [0.15, 0.2) is 11.6 Å². The fourth-order valence-electron chi connectivity index (χ4n) is 1.74. The molecule has 122 valence electrons. The molecule has 2 N–H and O–H groups in total. The molecule has 23 heavy (non-hydrogen) atoms. The van der Waals surface area contributed by atoms with Crippen molar-refractivity contribution in [2.45, 2.75) is 4.90 Å². The molecule has 0 aliphatic carbocycles. The van der Waals surface area contributed by atoms with Gasteiger partial charge in [-0.05, 0) is 37.4 Å². The van der Waals surface area contributed by atoms with E-state index in [0.717, 1.165) is 18.2 Å². The molecule has 2 rings (SSSR count). The lowest BCUT2D eigenvalue weighted by Crippen LogP contribution is -2.20. The normalized spacial score (nSPS) is 11.3. The minimum absolute atomic E-state index is 0.00652. The third kappa shape index (κ3) is 3.84. The van der Waals surface area contributed by atoms with Crippen molar-refractivity contribution in [3.05, 3.63) is 58.6 Å². The molecule has 0 aromatic heterocycles. The number of amides is 1. The zero-order valence-electron chi connectivity index (χ0n) is 11.7. The largest absolute Gasteiger partial charge is 0.322 e. The van der Waals surface area contributed by atoms with Gasteiger partial charge in [0, 0.05) is 17.3 Å². The summed E-state index contributed by atoms with van der Waals surface area (Å²) in [5, 5.41) is 2.29. The van der Waals surface area contributed by atoms with Crippen molar-refractivity contribution >= 4 is 33.2 Å². The fraction of sp³-hybridized carbons (Fsp3) is 0.0714. The summed E-state index contributed by atoms with van der Waals surface area (Å²) in [5.41, 5.74) is 0.0230. The van der Waals surface area contributed by atoms with E-state index < -0.39 is 27.6 Å². The molecule has 0 spiro atoms. The van der Waals surface area contributed by atoms with Gasteiger partial charge >= 0.3 is 0 Å². The van der Waals surface area contributed by atoms with Crippen LogP contribution in [0.3, 0.4) is 0 Å². The first-order chi connectivity index (χ1) is 10.7. The van der Waals surface area contributed by atoms with Crippen LogP contribution >= 0.6 is 11.6 Å². The van der Waals surface area contributed by atoms with Crippen molar-refractivity contribution in [3.8, 4) is 0 Å². The number of rotatable bonds is 4. The SMILES string of the molecule is CNS(=O)(=O)c1cc(C(=O)Nc2ccc(F)c(F)c2)ccc1Cl.